The van der Waals surface area contributed by atoms with E-state index in [2.05, 4.69) is 20.5 Å². The third-order valence-electron chi connectivity index (χ3n) is 2.07. The van der Waals surface area contributed by atoms with Crippen LogP contribution in [-0.4, -0.2) is 60.3 Å². The lowest BCUT2D eigenvalue weighted by Crippen LogP contribution is -2.35. The van der Waals surface area contributed by atoms with Gasteiger partial charge in [0.2, 0.25) is 0 Å². The summed E-state index contributed by atoms with van der Waals surface area (Å²) in [6.45, 7) is -0.986. The van der Waals surface area contributed by atoms with Gasteiger partial charge < -0.3 is 15.1 Å². The predicted molar refractivity (Wildman–Crippen MR) is 56.1 cm³/mol. The van der Waals surface area contributed by atoms with Crippen molar-refractivity contribution >= 4 is 23.4 Å². The molecule has 0 unspecified atom stereocenters. The molecule has 0 saturated carbocycles. The lowest BCUT2D eigenvalue weighted by atomic mass is 10.4. The van der Waals surface area contributed by atoms with E-state index in [4.69, 9.17) is 10.2 Å². The van der Waals surface area contributed by atoms with Crippen LogP contribution in [0.5, 0.6) is 0 Å². The van der Waals surface area contributed by atoms with Crippen molar-refractivity contribution in [2.75, 3.05) is 18.0 Å². The number of hydrogen-bond donors (Lipinski definition) is 2. The van der Waals surface area contributed by atoms with E-state index >= 15 is 0 Å². The molecule has 0 aromatic carbocycles. The van der Waals surface area contributed by atoms with Gasteiger partial charge in [-0.1, -0.05) is 0 Å². The summed E-state index contributed by atoms with van der Waals surface area (Å²) in [6, 6.07) is 0. The van der Waals surface area contributed by atoms with Gasteiger partial charge in [0, 0.05) is 0 Å². The number of carbonyl (C=O) groups is 2. The standard InChI is InChI=1S/C8H8N6O4/c15-7(16)3-13(4-8(17)18)6-2-9-1-5-10-11-12-14(5)6/h1-2H,3-4H2,(H,15,16)(H,17,18). The zero-order valence-corrected chi connectivity index (χ0v) is 8.96. The number of carboxylic acids is 2. The summed E-state index contributed by atoms with van der Waals surface area (Å²) in [5.41, 5.74) is 0.299. The molecule has 10 nitrogen and oxygen atoms in total. The van der Waals surface area contributed by atoms with E-state index in [1.165, 1.54) is 16.9 Å². The average Bonchev–Trinajstić information content (AvgIpc) is 2.74. The molecule has 2 N–H and O–H groups in total. The molecule has 0 spiro atoms. The van der Waals surface area contributed by atoms with Crippen molar-refractivity contribution in [1.82, 2.24) is 25.0 Å². The molecule has 10 heteroatoms. The number of carboxylic acid groups (broad SMARTS) is 2. The third-order valence-corrected chi connectivity index (χ3v) is 2.07. The van der Waals surface area contributed by atoms with Gasteiger partial charge in [-0.3, -0.25) is 14.6 Å². The number of anilines is 1. The third kappa shape index (κ3) is 2.31. The monoisotopic (exact) mass is 252 g/mol. The van der Waals surface area contributed by atoms with Crippen molar-refractivity contribution in [2.45, 2.75) is 0 Å². The van der Waals surface area contributed by atoms with Gasteiger partial charge in [-0.2, -0.15) is 4.52 Å². The van der Waals surface area contributed by atoms with Gasteiger partial charge >= 0.3 is 11.9 Å². The molecule has 94 valence electrons. The number of hydrogen-bond acceptors (Lipinski definition) is 7. The van der Waals surface area contributed by atoms with Gasteiger partial charge in [-0.05, 0) is 10.4 Å². The van der Waals surface area contributed by atoms with E-state index in [1.807, 2.05) is 0 Å². The Morgan fingerprint density at radius 1 is 1.22 bits per heavy atom. The van der Waals surface area contributed by atoms with Crippen LogP contribution < -0.4 is 4.90 Å². The van der Waals surface area contributed by atoms with E-state index in [0.29, 0.717) is 5.65 Å². The minimum atomic E-state index is -1.17. The number of fused-ring (bicyclic) bond motifs is 1. The maximum absolute atomic E-state index is 10.7. The van der Waals surface area contributed by atoms with Crippen LogP contribution in [0.2, 0.25) is 0 Å². The van der Waals surface area contributed by atoms with Gasteiger partial charge in [-0.25, -0.2) is 0 Å². The van der Waals surface area contributed by atoms with Gasteiger partial charge in [-0.15, -0.1) is 5.10 Å². The summed E-state index contributed by atoms with van der Waals surface area (Å²) in [7, 11) is 0. The van der Waals surface area contributed by atoms with Crippen LogP contribution in [0, 0.1) is 0 Å². The molecule has 2 rings (SSSR count). The van der Waals surface area contributed by atoms with E-state index < -0.39 is 25.0 Å². The summed E-state index contributed by atoms with van der Waals surface area (Å²) in [4.78, 5) is 26.4. The summed E-state index contributed by atoms with van der Waals surface area (Å²) in [5.74, 6) is -2.13. The molecular formula is C8H8N6O4. The zero-order valence-electron chi connectivity index (χ0n) is 8.96. The Bertz CT molecular complexity index is 580. The van der Waals surface area contributed by atoms with Crippen molar-refractivity contribution in [3.8, 4) is 0 Å². The molecule has 0 fully saturated rings. The Morgan fingerprint density at radius 3 is 2.50 bits per heavy atom. The molecular weight excluding hydrogens is 244 g/mol. The molecule has 0 aliphatic rings. The molecule has 2 heterocycles. The highest BCUT2D eigenvalue weighted by atomic mass is 16.4. The lowest BCUT2D eigenvalue weighted by Gasteiger charge is -2.19. The first-order valence-corrected chi connectivity index (χ1v) is 4.78. The highest BCUT2D eigenvalue weighted by Crippen LogP contribution is 2.12. The first-order chi connectivity index (χ1) is 8.58. The molecule has 0 aliphatic carbocycles. The topological polar surface area (TPSA) is 134 Å². The van der Waals surface area contributed by atoms with Crippen LogP contribution >= 0.6 is 0 Å². The second-order valence-electron chi connectivity index (χ2n) is 3.36. The molecule has 0 saturated heterocycles. The molecule has 0 radical (unpaired) electrons. The van der Waals surface area contributed by atoms with Crippen molar-refractivity contribution < 1.29 is 19.8 Å². The zero-order chi connectivity index (χ0) is 13.1. The number of tetrazole rings is 1. The Morgan fingerprint density at radius 2 is 1.89 bits per heavy atom. The SMILES string of the molecule is O=C(O)CN(CC(=O)O)c1cncc2nnnn12. The quantitative estimate of drug-likeness (QED) is 0.651. The highest BCUT2D eigenvalue weighted by molar-refractivity contribution is 5.78. The average molecular weight is 252 g/mol. The minimum Gasteiger partial charge on any atom is -0.480 e. The van der Waals surface area contributed by atoms with Gasteiger partial charge in [0.1, 0.15) is 13.1 Å². The first kappa shape index (κ1) is 11.7. The summed E-state index contributed by atoms with van der Waals surface area (Å²) >= 11 is 0. The van der Waals surface area contributed by atoms with Crippen molar-refractivity contribution in [2.24, 2.45) is 0 Å². The Labute approximate surface area is 99.5 Å². The fraction of sp³-hybridized carbons (Fsp3) is 0.250. The van der Waals surface area contributed by atoms with E-state index in [0.717, 1.165) is 4.90 Å². The lowest BCUT2D eigenvalue weighted by molar-refractivity contribution is -0.136. The van der Waals surface area contributed by atoms with Gasteiger partial charge in [0.05, 0.1) is 12.4 Å². The van der Waals surface area contributed by atoms with Crippen LogP contribution in [0.3, 0.4) is 0 Å². The van der Waals surface area contributed by atoms with Crippen molar-refractivity contribution in [3.05, 3.63) is 12.4 Å². The second-order valence-corrected chi connectivity index (χ2v) is 3.36. The molecule has 0 aliphatic heterocycles. The summed E-state index contributed by atoms with van der Waals surface area (Å²) < 4.78 is 1.22. The Balaban J connectivity index is 2.42. The van der Waals surface area contributed by atoms with E-state index in [-0.39, 0.29) is 5.82 Å². The summed E-state index contributed by atoms with van der Waals surface area (Å²) in [6.07, 6.45) is 2.68. The molecule has 2 aromatic heterocycles. The van der Waals surface area contributed by atoms with E-state index in [9.17, 15) is 9.59 Å². The number of rotatable bonds is 5. The van der Waals surface area contributed by atoms with Crippen LogP contribution in [0.1, 0.15) is 0 Å². The normalized spacial score (nSPS) is 10.4. The second kappa shape index (κ2) is 4.61. The number of nitrogens with zero attached hydrogens (tertiary/aromatic N) is 6. The minimum absolute atomic E-state index is 0.197. The smallest absolute Gasteiger partial charge is 0.323 e. The predicted octanol–water partition coefficient (Wildman–Crippen LogP) is -1.51. The van der Waals surface area contributed by atoms with Crippen LogP contribution in [0.25, 0.3) is 5.65 Å². The first-order valence-electron chi connectivity index (χ1n) is 4.78. The molecule has 0 amide bonds. The molecule has 0 bridgehead atoms. The fourth-order valence-electron chi connectivity index (χ4n) is 1.42. The van der Waals surface area contributed by atoms with Crippen LogP contribution in [-0.2, 0) is 9.59 Å². The maximum Gasteiger partial charge on any atom is 0.323 e. The summed E-state index contributed by atoms with van der Waals surface area (Å²) in [5, 5.41) is 28.2. The molecule has 0 atom stereocenters. The maximum atomic E-state index is 10.7. The largest absolute Gasteiger partial charge is 0.480 e. The molecule has 2 aromatic rings. The van der Waals surface area contributed by atoms with Gasteiger partial charge in [0.15, 0.2) is 11.5 Å². The van der Waals surface area contributed by atoms with Crippen molar-refractivity contribution in [3.63, 3.8) is 0 Å². The molecule has 18 heavy (non-hydrogen) atoms. The van der Waals surface area contributed by atoms with E-state index in [1.54, 1.807) is 0 Å². The number of aliphatic carboxylic acids is 2. The van der Waals surface area contributed by atoms with Crippen LogP contribution in [0.4, 0.5) is 5.82 Å². The Kier molecular flexibility index (Phi) is 3.00. The fourth-order valence-corrected chi connectivity index (χ4v) is 1.42. The van der Waals surface area contributed by atoms with Crippen molar-refractivity contribution in [1.29, 1.82) is 0 Å². The Hall–Kier alpha value is -2.78. The van der Waals surface area contributed by atoms with Gasteiger partial charge in [0.25, 0.3) is 0 Å². The highest BCUT2D eigenvalue weighted by Gasteiger charge is 2.18. The van der Waals surface area contributed by atoms with Crippen LogP contribution in [0.15, 0.2) is 12.4 Å². The number of aromatic nitrogens is 5.